The van der Waals surface area contributed by atoms with Gasteiger partial charge in [-0.2, -0.15) is 15.0 Å². The smallest absolute Gasteiger partial charge is 0.322 e. The molecule has 0 saturated carbocycles. The summed E-state index contributed by atoms with van der Waals surface area (Å²) in [6.45, 7) is 12.5. The van der Waals surface area contributed by atoms with Crippen molar-refractivity contribution in [2.24, 2.45) is 0 Å². The maximum absolute atomic E-state index is 5.89. The summed E-state index contributed by atoms with van der Waals surface area (Å²) in [5, 5.41) is 0.133. The van der Waals surface area contributed by atoms with Gasteiger partial charge in [0.25, 0.3) is 0 Å². The normalized spacial score (nSPS) is 11.5. The second-order valence-electron chi connectivity index (χ2n) is 5.17. The number of nitrogens with zero attached hydrogens (tertiary/aromatic N) is 4. The molecule has 7 heteroatoms. The molecule has 0 N–H and O–H groups in total. The van der Waals surface area contributed by atoms with E-state index in [1.54, 1.807) is 0 Å². The fraction of sp³-hybridized carbons (Fsp3) is 0.769. The predicted molar refractivity (Wildman–Crippen MR) is 79.6 cm³/mol. The van der Waals surface area contributed by atoms with Crippen LogP contribution in [0.15, 0.2) is 0 Å². The zero-order valence-electron chi connectivity index (χ0n) is 12.8. The van der Waals surface area contributed by atoms with Crippen LogP contribution in [0.5, 0.6) is 6.01 Å². The molecular formula is C13H23ClN4O2. The monoisotopic (exact) mass is 302 g/mol. The van der Waals surface area contributed by atoms with Gasteiger partial charge in [-0.25, -0.2) is 0 Å². The fourth-order valence-corrected chi connectivity index (χ4v) is 1.66. The standard InChI is InChI=1S/C13H23ClN4O2/c1-6-18(7-2)11-15-10(14)16-12(17-11)19-8-9-20-13(3,4)5/h6-9H2,1-5H3. The Morgan fingerprint density at radius 3 is 2.25 bits per heavy atom. The minimum Gasteiger partial charge on any atom is -0.461 e. The van der Waals surface area contributed by atoms with Crippen LogP contribution < -0.4 is 9.64 Å². The van der Waals surface area contributed by atoms with Crippen molar-refractivity contribution in [2.45, 2.75) is 40.2 Å². The zero-order chi connectivity index (χ0) is 15.2. The Labute approximate surface area is 125 Å². The van der Waals surface area contributed by atoms with E-state index in [1.807, 2.05) is 39.5 Å². The van der Waals surface area contributed by atoms with Crippen LogP contribution in [0, 0.1) is 0 Å². The summed E-state index contributed by atoms with van der Waals surface area (Å²) in [6, 6.07) is 0.226. The van der Waals surface area contributed by atoms with E-state index in [0.29, 0.717) is 19.2 Å². The maximum Gasteiger partial charge on any atom is 0.322 e. The second kappa shape index (κ2) is 7.59. The lowest BCUT2D eigenvalue weighted by molar-refractivity contribution is -0.0173. The molecule has 0 fully saturated rings. The number of rotatable bonds is 7. The summed E-state index contributed by atoms with van der Waals surface area (Å²) in [4.78, 5) is 14.3. The highest BCUT2D eigenvalue weighted by molar-refractivity contribution is 6.28. The van der Waals surface area contributed by atoms with E-state index in [0.717, 1.165) is 13.1 Å². The molecule has 1 heterocycles. The molecule has 0 spiro atoms. The molecule has 0 atom stereocenters. The SMILES string of the molecule is CCN(CC)c1nc(Cl)nc(OCCOC(C)(C)C)n1. The molecule has 0 radical (unpaired) electrons. The Kier molecular flexibility index (Phi) is 6.42. The fourth-order valence-electron chi connectivity index (χ4n) is 1.52. The summed E-state index contributed by atoms with van der Waals surface area (Å²) in [5.41, 5.74) is -0.188. The van der Waals surface area contributed by atoms with Crippen molar-refractivity contribution in [3.05, 3.63) is 5.28 Å². The lowest BCUT2D eigenvalue weighted by atomic mass is 10.2. The van der Waals surface area contributed by atoms with Crippen molar-refractivity contribution >= 4 is 17.5 Å². The van der Waals surface area contributed by atoms with Crippen LogP contribution in [-0.2, 0) is 4.74 Å². The van der Waals surface area contributed by atoms with Gasteiger partial charge >= 0.3 is 6.01 Å². The van der Waals surface area contributed by atoms with E-state index in [1.165, 1.54) is 0 Å². The molecule has 114 valence electrons. The Balaban J connectivity index is 2.62. The zero-order valence-corrected chi connectivity index (χ0v) is 13.6. The molecule has 0 saturated heterocycles. The van der Waals surface area contributed by atoms with Crippen LogP contribution in [0.3, 0.4) is 0 Å². The van der Waals surface area contributed by atoms with Gasteiger partial charge in [-0.15, -0.1) is 0 Å². The lowest BCUT2D eigenvalue weighted by Gasteiger charge is -2.20. The summed E-state index contributed by atoms with van der Waals surface area (Å²) in [5.74, 6) is 0.529. The maximum atomic E-state index is 5.89. The van der Waals surface area contributed by atoms with Crippen molar-refractivity contribution in [2.75, 3.05) is 31.2 Å². The number of hydrogen-bond donors (Lipinski definition) is 0. The first kappa shape index (κ1) is 16.9. The minimum atomic E-state index is -0.188. The van der Waals surface area contributed by atoms with Crippen LogP contribution in [0.4, 0.5) is 5.95 Å². The van der Waals surface area contributed by atoms with Gasteiger partial charge in [-0.3, -0.25) is 0 Å². The van der Waals surface area contributed by atoms with Gasteiger partial charge in [-0.05, 0) is 46.2 Å². The first-order valence-corrected chi connectivity index (χ1v) is 7.16. The van der Waals surface area contributed by atoms with Crippen molar-refractivity contribution < 1.29 is 9.47 Å². The molecule has 20 heavy (non-hydrogen) atoms. The third-order valence-corrected chi connectivity index (χ3v) is 2.64. The Bertz CT molecular complexity index is 419. The summed E-state index contributed by atoms with van der Waals surface area (Å²) >= 11 is 5.89. The second-order valence-corrected chi connectivity index (χ2v) is 5.51. The van der Waals surface area contributed by atoms with Crippen LogP contribution in [0.2, 0.25) is 5.28 Å². The molecule has 6 nitrogen and oxygen atoms in total. The molecule has 0 aliphatic rings. The molecule has 0 bridgehead atoms. The van der Waals surface area contributed by atoms with Crippen LogP contribution >= 0.6 is 11.6 Å². The molecule has 0 aliphatic carbocycles. The highest BCUT2D eigenvalue weighted by atomic mass is 35.5. The van der Waals surface area contributed by atoms with Crippen LogP contribution in [-0.4, -0.2) is 46.9 Å². The van der Waals surface area contributed by atoms with Crippen molar-refractivity contribution in [1.29, 1.82) is 0 Å². The molecule has 1 rings (SSSR count). The van der Waals surface area contributed by atoms with E-state index in [9.17, 15) is 0 Å². The highest BCUT2D eigenvalue weighted by Crippen LogP contribution is 2.15. The Morgan fingerprint density at radius 2 is 1.70 bits per heavy atom. The summed E-state index contributed by atoms with van der Waals surface area (Å²) in [7, 11) is 0. The van der Waals surface area contributed by atoms with Gasteiger partial charge in [-0.1, -0.05) is 0 Å². The van der Waals surface area contributed by atoms with Gasteiger partial charge in [0.2, 0.25) is 11.2 Å². The van der Waals surface area contributed by atoms with E-state index < -0.39 is 0 Å². The van der Waals surface area contributed by atoms with E-state index in [2.05, 4.69) is 15.0 Å². The van der Waals surface area contributed by atoms with Gasteiger partial charge in [0.15, 0.2) is 0 Å². The number of halogens is 1. The molecule has 0 aliphatic heterocycles. The van der Waals surface area contributed by atoms with Gasteiger partial charge in [0.05, 0.1) is 12.2 Å². The Morgan fingerprint density at radius 1 is 1.05 bits per heavy atom. The number of aromatic nitrogens is 3. The molecule has 0 aromatic carbocycles. The lowest BCUT2D eigenvalue weighted by Crippen LogP contribution is -2.25. The van der Waals surface area contributed by atoms with Crippen molar-refractivity contribution in [1.82, 2.24) is 15.0 Å². The van der Waals surface area contributed by atoms with Crippen LogP contribution in [0.25, 0.3) is 0 Å². The van der Waals surface area contributed by atoms with Crippen molar-refractivity contribution in [3.8, 4) is 6.01 Å². The van der Waals surface area contributed by atoms with Gasteiger partial charge in [0, 0.05) is 13.1 Å². The van der Waals surface area contributed by atoms with Crippen LogP contribution in [0.1, 0.15) is 34.6 Å². The molecule has 1 aromatic heterocycles. The number of hydrogen-bond acceptors (Lipinski definition) is 6. The predicted octanol–water partition coefficient (Wildman–Crippen LogP) is 2.57. The quantitative estimate of drug-likeness (QED) is 0.721. The number of ether oxygens (including phenoxy) is 2. The molecule has 0 amide bonds. The average molecular weight is 303 g/mol. The van der Waals surface area contributed by atoms with E-state index in [4.69, 9.17) is 21.1 Å². The minimum absolute atomic E-state index is 0.133. The van der Waals surface area contributed by atoms with E-state index >= 15 is 0 Å². The molecule has 0 unspecified atom stereocenters. The molecule has 1 aromatic rings. The number of anilines is 1. The van der Waals surface area contributed by atoms with Crippen molar-refractivity contribution in [3.63, 3.8) is 0 Å². The van der Waals surface area contributed by atoms with E-state index in [-0.39, 0.29) is 16.9 Å². The largest absolute Gasteiger partial charge is 0.461 e. The third kappa shape index (κ3) is 5.88. The topological polar surface area (TPSA) is 60.4 Å². The average Bonchev–Trinajstić information content (AvgIpc) is 2.34. The van der Waals surface area contributed by atoms with Gasteiger partial charge < -0.3 is 14.4 Å². The highest BCUT2D eigenvalue weighted by Gasteiger charge is 2.12. The first-order chi connectivity index (χ1) is 9.35. The summed E-state index contributed by atoms with van der Waals surface area (Å²) in [6.07, 6.45) is 0. The Hall–Kier alpha value is -1.14. The van der Waals surface area contributed by atoms with Gasteiger partial charge in [0.1, 0.15) is 6.61 Å². The third-order valence-electron chi connectivity index (χ3n) is 2.47. The first-order valence-electron chi connectivity index (χ1n) is 6.79. The molecular weight excluding hydrogens is 280 g/mol. The summed E-state index contributed by atoms with van der Waals surface area (Å²) < 4.78 is 11.0.